The highest BCUT2D eigenvalue weighted by Crippen LogP contribution is 2.15. The number of rotatable bonds is 8. The largest absolute Gasteiger partial charge is 0.480 e. The van der Waals surface area contributed by atoms with Crippen LogP contribution in [0.5, 0.6) is 0 Å². The van der Waals surface area contributed by atoms with Crippen molar-refractivity contribution in [2.24, 2.45) is 0 Å². The Labute approximate surface area is 121 Å². The van der Waals surface area contributed by atoms with Crippen LogP contribution in [0, 0.1) is 0 Å². The summed E-state index contributed by atoms with van der Waals surface area (Å²) in [7, 11) is 0. The predicted octanol–water partition coefficient (Wildman–Crippen LogP) is 1.41. The fourth-order valence-electron chi connectivity index (χ4n) is 1.43. The van der Waals surface area contributed by atoms with Gasteiger partial charge in [-0.05, 0) is 12.2 Å². The fraction of sp³-hybridized carbons (Fsp3) is 0.667. The Bertz CT molecular complexity index is 461. The SMILES string of the molecule is CC(=O)NC(CCSCc1noc(C(C)C)n1)C(=O)O. The van der Waals surface area contributed by atoms with Gasteiger partial charge in [0, 0.05) is 12.8 Å². The smallest absolute Gasteiger partial charge is 0.326 e. The first-order chi connectivity index (χ1) is 9.40. The van der Waals surface area contributed by atoms with Crippen LogP contribution in [0.3, 0.4) is 0 Å². The molecular weight excluding hydrogens is 282 g/mol. The molecule has 0 saturated heterocycles. The van der Waals surface area contributed by atoms with E-state index in [0.717, 1.165) is 0 Å². The molecule has 0 bridgehead atoms. The molecule has 0 fully saturated rings. The molecule has 0 aromatic carbocycles. The Morgan fingerprint density at radius 3 is 2.65 bits per heavy atom. The van der Waals surface area contributed by atoms with Crippen molar-refractivity contribution in [3.05, 3.63) is 11.7 Å². The molecule has 1 amide bonds. The van der Waals surface area contributed by atoms with E-state index < -0.39 is 12.0 Å². The van der Waals surface area contributed by atoms with Crippen molar-refractivity contribution in [1.82, 2.24) is 15.5 Å². The summed E-state index contributed by atoms with van der Waals surface area (Å²) in [5.74, 6) is 1.17. The third-order valence-electron chi connectivity index (χ3n) is 2.44. The normalized spacial score (nSPS) is 12.4. The van der Waals surface area contributed by atoms with Crippen molar-refractivity contribution < 1.29 is 19.2 Å². The van der Waals surface area contributed by atoms with Gasteiger partial charge in [0.05, 0.1) is 5.75 Å². The minimum absolute atomic E-state index is 0.192. The lowest BCUT2D eigenvalue weighted by molar-refractivity contribution is -0.141. The van der Waals surface area contributed by atoms with Gasteiger partial charge in [-0.3, -0.25) is 4.79 Å². The van der Waals surface area contributed by atoms with Crippen molar-refractivity contribution in [2.75, 3.05) is 5.75 Å². The van der Waals surface area contributed by atoms with Crippen LogP contribution >= 0.6 is 11.8 Å². The second-order valence-electron chi connectivity index (χ2n) is 4.64. The fourth-order valence-corrected chi connectivity index (χ4v) is 2.27. The van der Waals surface area contributed by atoms with Crippen molar-refractivity contribution in [3.63, 3.8) is 0 Å². The number of thioether (sulfide) groups is 1. The predicted molar refractivity (Wildman–Crippen MR) is 74.4 cm³/mol. The Kier molecular flexibility index (Phi) is 6.50. The highest BCUT2D eigenvalue weighted by Gasteiger charge is 2.18. The quantitative estimate of drug-likeness (QED) is 0.699. The van der Waals surface area contributed by atoms with E-state index >= 15 is 0 Å². The van der Waals surface area contributed by atoms with E-state index in [9.17, 15) is 9.59 Å². The van der Waals surface area contributed by atoms with Crippen molar-refractivity contribution in [3.8, 4) is 0 Å². The molecule has 0 aliphatic rings. The molecule has 0 aliphatic carbocycles. The molecule has 1 aromatic heterocycles. The second-order valence-corrected chi connectivity index (χ2v) is 5.74. The number of aromatic nitrogens is 2. The van der Waals surface area contributed by atoms with Gasteiger partial charge in [-0.1, -0.05) is 19.0 Å². The van der Waals surface area contributed by atoms with Crippen LogP contribution in [0.1, 0.15) is 44.8 Å². The van der Waals surface area contributed by atoms with Crippen LogP contribution in [-0.4, -0.2) is 38.9 Å². The average Bonchev–Trinajstić information content (AvgIpc) is 2.81. The molecule has 7 nitrogen and oxygen atoms in total. The van der Waals surface area contributed by atoms with Crippen LogP contribution in [0.25, 0.3) is 0 Å². The first-order valence-corrected chi connectivity index (χ1v) is 7.45. The monoisotopic (exact) mass is 301 g/mol. The highest BCUT2D eigenvalue weighted by atomic mass is 32.2. The third-order valence-corrected chi connectivity index (χ3v) is 3.42. The van der Waals surface area contributed by atoms with E-state index in [1.165, 1.54) is 18.7 Å². The minimum atomic E-state index is -1.03. The number of nitrogens with zero attached hydrogens (tertiary/aromatic N) is 2. The first-order valence-electron chi connectivity index (χ1n) is 6.30. The summed E-state index contributed by atoms with van der Waals surface area (Å²) in [4.78, 5) is 26.0. The van der Waals surface area contributed by atoms with E-state index in [1.807, 2.05) is 13.8 Å². The zero-order valence-corrected chi connectivity index (χ0v) is 12.6. The molecule has 1 aromatic rings. The first kappa shape index (κ1) is 16.5. The summed E-state index contributed by atoms with van der Waals surface area (Å²) >= 11 is 1.50. The third kappa shape index (κ3) is 5.60. The van der Waals surface area contributed by atoms with Crippen molar-refractivity contribution >= 4 is 23.6 Å². The van der Waals surface area contributed by atoms with Crippen LogP contribution in [0.2, 0.25) is 0 Å². The molecule has 20 heavy (non-hydrogen) atoms. The lowest BCUT2D eigenvalue weighted by atomic mass is 10.2. The number of carbonyl (C=O) groups is 2. The Hall–Kier alpha value is -1.57. The lowest BCUT2D eigenvalue weighted by Gasteiger charge is -2.12. The topological polar surface area (TPSA) is 105 Å². The standard InChI is InChI=1S/C12H19N3O4S/c1-7(2)11-14-10(15-19-11)6-20-5-4-9(12(17)18)13-8(3)16/h7,9H,4-6H2,1-3H3,(H,13,16)(H,17,18). The van der Waals surface area contributed by atoms with Gasteiger partial charge in [0.25, 0.3) is 0 Å². The number of amides is 1. The second kappa shape index (κ2) is 7.88. The average molecular weight is 301 g/mol. The number of hydrogen-bond acceptors (Lipinski definition) is 6. The molecule has 1 heterocycles. The lowest BCUT2D eigenvalue weighted by Crippen LogP contribution is -2.39. The van der Waals surface area contributed by atoms with Gasteiger partial charge in [0.15, 0.2) is 5.82 Å². The Morgan fingerprint density at radius 1 is 1.45 bits per heavy atom. The molecule has 0 saturated carbocycles. The van der Waals surface area contributed by atoms with Gasteiger partial charge >= 0.3 is 5.97 Å². The van der Waals surface area contributed by atoms with Gasteiger partial charge in [-0.15, -0.1) is 0 Å². The summed E-state index contributed by atoms with van der Waals surface area (Å²) < 4.78 is 5.07. The van der Waals surface area contributed by atoms with Gasteiger partial charge in [0.1, 0.15) is 6.04 Å². The molecular formula is C12H19N3O4S. The van der Waals surface area contributed by atoms with E-state index in [4.69, 9.17) is 9.63 Å². The maximum Gasteiger partial charge on any atom is 0.326 e. The summed E-state index contributed by atoms with van der Waals surface area (Å²) in [5, 5.41) is 15.2. The van der Waals surface area contributed by atoms with E-state index in [1.54, 1.807) is 0 Å². The van der Waals surface area contributed by atoms with E-state index in [-0.39, 0.29) is 11.8 Å². The number of carboxylic acids is 1. The van der Waals surface area contributed by atoms with Gasteiger partial charge < -0.3 is 14.9 Å². The zero-order valence-electron chi connectivity index (χ0n) is 11.8. The van der Waals surface area contributed by atoms with Crippen LogP contribution < -0.4 is 5.32 Å². The molecule has 2 N–H and O–H groups in total. The molecule has 1 atom stereocenters. The van der Waals surface area contributed by atoms with Crippen molar-refractivity contribution in [2.45, 2.75) is 44.9 Å². The van der Waals surface area contributed by atoms with E-state index in [2.05, 4.69) is 15.5 Å². The summed E-state index contributed by atoms with van der Waals surface area (Å²) in [5.41, 5.74) is 0. The summed E-state index contributed by atoms with van der Waals surface area (Å²) in [6.07, 6.45) is 0.356. The molecule has 0 aliphatic heterocycles. The van der Waals surface area contributed by atoms with E-state index in [0.29, 0.717) is 29.6 Å². The Balaban J connectivity index is 2.32. The van der Waals surface area contributed by atoms with Gasteiger partial charge in [0.2, 0.25) is 11.8 Å². The summed E-state index contributed by atoms with van der Waals surface area (Å²) in [6.45, 7) is 5.24. The zero-order chi connectivity index (χ0) is 15.1. The molecule has 112 valence electrons. The summed E-state index contributed by atoms with van der Waals surface area (Å²) in [6, 6.07) is -0.850. The van der Waals surface area contributed by atoms with Crippen LogP contribution in [0.15, 0.2) is 4.52 Å². The maximum absolute atomic E-state index is 10.9. The minimum Gasteiger partial charge on any atom is -0.480 e. The number of carboxylic acid groups (broad SMARTS) is 1. The molecule has 1 rings (SSSR count). The van der Waals surface area contributed by atoms with Gasteiger partial charge in [-0.2, -0.15) is 16.7 Å². The molecule has 8 heteroatoms. The number of aliphatic carboxylic acids is 1. The Morgan fingerprint density at radius 2 is 2.15 bits per heavy atom. The number of hydrogen-bond donors (Lipinski definition) is 2. The van der Waals surface area contributed by atoms with Crippen molar-refractivity contribution in [1.29, 1.82) is 0 Å². The highest BCUT2D eigenvalue weighted by molar-refractivity contribution is 7.98. The van der Waals surface area contributed by atoms with Crippen LogP contribution in [-0.2, 0) is 15.3 Å². The molecule has 1 unspecified atom stereocenters. The van der Waals surface area contributed by atoms with Crippen LogP contribution in [0.4, 0.5) is 0 Å². The molecule has 0 spiro atoms. The number of carbonyl (C=O) groups excluding carboxylic acids is 1. The van der Waals surface area contributed by atoms with Gasteiger partial charge in [-0.25, -0.2) is 4.79 Å². The maximum atomic E-state index is 10.9. The number of nitrogens with one attached hydrogen (secondary N) is 1. The molecule has 0 radical (unpaired) electrons.